The van der Waals surface area contributed by atoms with Crippen LogP contribution >= 0.6 is 11.6 Å². The smallest absolute Gasteiger partial charge is 0.274 e. The molecule has 0 saturated heterocycles. The van der Waals surface area contributed by atoms with Crippen LogP contribution in [-0.2, 0) is 0 Å². The zero-order chi connectivity index (χ0) is 17.0. The highest BCUT2D eigenvalue weighted by atomic mass is 35.5. The van der Waals surface area contributed by atoms with Crippen LogP contribution in [0, 0.1) is 6.92 Å². The molecule has 1 heterocycles. The molecule has 0 aliphatic carbocycles. The number of aromatic nitrogens is 3. The minimum Gasteiger partial charge on any atom is -0.396 e. The largest absolute Gasteiger partial charge is 0.396 e. The van der Waals surface area contributed by atoms with Crippen molar-refractivity contribution in [1.82, 2.24) is 20.3 Å². The van der Waals surface area contributed by atoms with Crippen molar-refractivity contribution in [3.63, 3.8) is 0 Å². The second-order valence-electron chi connectivity index (χ2n) is 5.73. The minimum absolute atomic E-state index is 0.00984. The van der Waals surface area contributed by atoms with E-state index in [2.05, 4.69) is 15.6 Å². The van der Waals surface area contributed by atoms with E-state index in [4.69, 9.17) is 16.7 Å². The topological polar surface area (TPSA) is 80.0 Å². The highest BCUT2D eigenvalue weighted by Gasteiger charge is 2.27. The number of hydrogen-bond acceptors (Lipinski definition) is 4. The quantitative estimate of drug-likeness (QED) is 0.849. The first-order valence-electron chi connectivity index (χ1n) is 7.52. The maximum atomic E-state index is 12.5. The normalized spacial score (nSPS) is 13.6. The molecule has 1 amide bonds. The maximum absolute atomic E-state index is 12.5. The van der Waals surface area contributed by atoms with Crippen molar-refractivity contribution in [3.05, 3.63) is 40.7 Å². The Bertz CT molecular complexity index is 701. The lowest BCUT2D eigenvalue weighted by molar-refractivity contribution is 0.0880. The van der Waals surface area contributed by atoms with Gasteiger partial charge in [-0.05, 0) is 38.8 Å². The van der Waals surface area contributed by atoms with Crippen LogP contribution in [0.3, 0.4) is 0 Å². The van der Waals surface area contributed by atoms with Gasteiger partial charge in [0.05, 0.1) is 16.4 Å². The summed E-state index contributed by atoms with van der Waals surface area (Å²) in [4.78, 5) is 12.5. The Labute approximate surface area is 140 Å². The molecule has 6 nitrogen and oxygen atoms in total. The molecule has 1 aromatic carbocycles. The summed E-state index contributed by atoms with van der Waals surface area (Å²) in [6.45, 7) is 5.64. The van der Waals surface area contributed by atoms with Crippen molar-refractivity contribution in [2.24, 2.45) is 0 Å². The summed E-state index contributed by atoms with van der Waals surface area (Å²) in [5.41, 5.74) is 1.05. The second-order valence-corrected chi connectivity index (χ2v) is 6.14. The van der Waals surface area contributed by atoms with Crippen LogP contribution < -0.4 is 5.32 Å². The summed E-state index contributed by atoms with van der Waals surface area (Å²) in [6.07, 6.45) is 1.18. The summed E-state index contributed by atoms with van der Waals surface area (Å²) in [5, 5.41) is 20.7. The van der Waals surface area contributed by atoms with Crippen molar-refractivity contribution in [3.8, 4) is 5.69 Å². The van der Waals surface area contributed by atoms with Gasteiger partial charge in [0.1, 0.15) is 0 Å². The van der Waals surface area contributed by atoms with E-state index >= 15 is 0 Å². The van der Waals surface area contributed by atoms with E-state index in [0.717, 1.165) is 0 Å². The number of benzene rings is 1. The lowest BCUT2D eigenvalue weighted by Crippen LogP contribution is -2.46. The second kappa shape index (κ2) is 7.10. The molecule has 124 valence electrons. The Morgan fingerprint density at radius 2 is 2.13 bits per heavy atom. The van der Waals surface area contributed by atoms with Crippen molar-refractivity contribution in [2.45, 2.75) is 39.2 Å². The van der Waals surface area contributed by atoms with Crippen LogP contribution in [0.2, 0.25) is 5.02 Å². The number of nitrogens with one attached hydrogen (secondary N) is 1. The third-order valence-corrected chi connectivity index (χ3v) is 4.37. The summed E-state index contributed by atoms with van der Waals surface area (Å²) >= 11 is 6.17. The third-order valence-electron chi connectivity index (χ3n) is 4.05. The number of amides is 1. The molecule has 7 heteroatoms. The number of aliphatic hydroxyl groups is 1. The molecule has 1 atom stereocenters. The fourth-order valence-corrected chi connectivity index (χ4v) is 2.51. The van der Waals surface area contributed by atoms with Crippen LogP contribution in [-0.4, -0.2) is 38.2 Å². The van der Waals surface area contributed by atoms with Gasteiger partial charge >= 0.3 is 0 Å². The van der Waals surface area contributed by atoms with Gasteiger partial charge in [0, 0.05) is 12.1 Å². The molecule has 0 aliphatic rings. The van der Waals surface area contributed by atoms with Crippen LogP contribution in [0.5, 0.6) is 0 Å². The van der Waals surface area contributed by atoms with E-state index in [-0.39, 0.29) is 18.2 Å². The Kier molecular flexibility index (Phi) is 5.38. The molecule has 2 rings (SSSR count). The SMILES string of the molecule is CCC(C)(CCO)NC(=O)c1nnn(-c2ccccc2Cl)c1C. The molecule has 0 fully saturated rings. The summed E-state index contributed by atoms with van der Waals surface area (Å²) < 4.78 is 1.55. The number of hydrogen-bond donors (Lipinski definition) is 2. The lowest BCUT2D eigenvalue weighted by atomic mass is 9.94. The Morgan fingerprint density at radius 1 is 1.43 bits per heavy atom. The summed E-state index contributed by atoms with van der Waals surface area (Å²) in [7, 11) is 0. The van der Waals surface area contributed by atoms with Gasteiger partial charge in [0.2, 0.25) is 0 Å². The first kappa shape index (κ1) is 17.4. The van der Waals surface area contributed by atoms with Gasteiger partial charge in [-0.25, -0.2) is 4.68 Å². The number of carbonyl (C=O) groups is 1. The van der Waals surface area contributed by atoms with E-state index in [9.17, 15) is 4.79 Å². The molecule has 2 aromatic rings. The molecular formula is C16H21ClN4O2. The molecule has 0 aliphatic heterocycles. The van der Waals surface area contributed by atoms with Gasteiger partial charge in [0.15, 0.2) is 5.69 Å². The Morgan fingerprint density at radius 3 is 2.74 bits per heavy atom. The lowest BCUT2D eigenvalue weighted by Gasteiger charge is -2.28. The average Bonchev–Trinajstić information content (AvgIpc) is 2.89. The Balaban J connectivity index is 2.29. The number of halogens is 1. The van der Waals surface area contributed by atoms with Gasteiger partial charge in [0.25, 0.3) is 5.91 Å². The summed E-state index contributed by atoms with van der Waals surface area (Å²) in [5.74, 6) is -0.307. The van der Waals surface area contributed by atoms with Crippen LogP contribution in [0.1, 0.15) is 42.9 Å². The molecular weight excluding hydrogens is 316 g/mol. The fourth-order valence-electron chi connectivity index (χ4n) is 2.30. The molecule has 0 bridgehead atoms. The number of aliphatic hydroxyl groups excluding tert-OH is 1. The average molecular weight is 337 g/mol. The van der Waals surface area contributed by atoms with Crippen LogP contribution in [0.25, 0.3) is 5.69 Å². The number of para-hydroxylation sites is 1. The highest BCUT2D eigenvalue weighted by molar-refractivity contribution is 6.32. The van der Waals surface area contributed by atoms with Crippen molar-refractivity contribution in [1.29, 1.82) is 0 Å². The molecule has 1 unspecified atom stereocenters. The zero-order valence-electron chi connectivity index (χ0n) is 13.5. The zero-order valence-corrected chi connectivity index (χ0v) is 14.3. The summed E-state index contributed by atoms with van der Waals surface area (Å²) in [6, 6.07) is 7.24. The van der Waals surface area contributed by atoms with Gasteiger partial charge in [-0.3, -0.25) is 4.79 Å². The van der Waals surface area contributed by atoms with E-state index in [1.165, 1.54) is 0 Å². The standard InChI is InChI=1S/C16H21ClN4O2/c1-4-16(3,9-10-22)18-15(23)14-11(2)21(20-19-14)13-8-6-5-7-12(13)17/h5-8,22H,4,9-10H2,1-3H3,(H,18,23). The number of nitrogens with zero attached hydrogens (tertiary/aromatic N) is 3. The fraction of sp³-hybridized carbons (Fsp3) is 0.438. The maximum Gasteiger partial charge on any atom is 0.274 e. The minimum atomic E-state index is -0.480. The Hall–Kier alpha value is -1.92. The molecule has 1 aromatic heterocycles. The predicted octanol–water partition coefficient (Wildman–Crippen LogP) is 2.51. The highest BCUT2D eigenvalue weighted by Crippen LogP contribution is 2.22. The van der Waals surface area contributed by atoms with E-state index in [1.807, 2.05) is 32.0 Å². The van der Waals surface area contributed by atoms with E-state index in [0.29, 0.717) is 29.2 Å². The van der Waals surface area contributed by atoms with E-state index < -0.39 is 5.54 Å². The van der Waals surface area contributed by atoms with Gasteiger partial charge in [-0.2, -0.15) is 0 Å². The number of carbonyl (C=O) groups excluding carboxylic acids is 1. The van der Waals surface area contributed by atoms with Gasteiger partial charge < -0.3 is 10.4 Å². The monoisotopic (exact) mass is 336 g/mol. The number of rotatable bonds is 6. The van der Waals surface area contributed by atoms with Crippen molar-refractivity contribution < 1.29 is 9.90 Å². The van der Waals surface area contributed by atoms with Crippen molar-refractivity contribution in [2.75, 3.05) is 6.61 Å². The van der Waals surface area contributed by atoms with Crippen LogP contribution in [0.4, 0.5) is 0 Å². The van der Waals surface area contributed by atoms with Gasteiger partial charge in [-0.15, -0.1) is 5.10 Å². The van der Waals surface area contributed by atoms with Crippen LogP contribution in [0.15, 0.2) is 24.3 Å². The van der Waals surface area contributed by atoms with Gasteiger partial charge in [-0.1, -0.05) is 35.9 Å². The predicted molar refractivity (Wildman–Crippen MR) is 89.0 cm³/mol. The molecule has 2 N–H and O–H groups in total. The molecule has 23 heavy (non-hydrogen) atoms. The molecule has 0 radical (unpaired) electrons. The molecule has 0 spiro atoms. The van der Waals surface area contributed by atoms with Crippen molar-refractivity contribution >= 4 is 17.5 Å². The van der Waals surface area contributed by atoms with E-state index in [1.54, 1.807) is 17.7 Å². The third kappa shape index (κ3) is 3.71. The first-order chi connectivity index (χ1) is 10.9. The first-order valence-corrected chi connectivity index (χ1v) is 7.90. The molecule has 0 saturated carbocycles.